The van der Waals surface area contributed by atoms with Crippen LogP contribution in [0.4, 0.5) is 10.5 Å². The SMILES string of the molecule is O=C1[C@H]2C3CC(CN3C(=S)NCCCN3CCOCC3)N2C(=O)N1c1cccc2ccccc12. The molecule has 0 radical (unpaired) electrons. The number of piperazine rings is 1. The van der Waals surface area contributed by atoms with E-state index >= 15 is 0 Å². The Morgan fingerprint density at radius 2 is 1.88 bits per heavy atom. The minimum atomic E-state index is -0.474. The molecule has 6 rings (SSSR count). The summed E-state index contributed by atoms with van der Waals surface area (Å²) in [4.78, 5) is 34.7. The van der Waals surface area contributed by atoms with Crippen molar-refractivity contribution in [2.24, 2.45) is 0 Å². The summed E-state index contributed by atoms with van der Waals surface area (Å²) < 4.78 is 5.40. The van der Waals surface area contributed by atoms with Gasteiger partial charge in [-0.25, -0.2) is 9.69 Å². The van der Waals surface area contributed by atoms with Crippen LogP contribution in [0.15, 0.2) is 42.5 Å². The number of amides is 3. The number of likely N-dealkylation sites (tertiary alicyclic amines) is 1. The van der Waals surface area contributed by atoms with Gasteiger partial charge in [0.1, 0.15) is 6.04 Å². The topological polar surface area (TPSA) is 68.4 Å². The molecular weight excluding hydrogens is 450 g/mol. The van der Waals surface area contributed by atoms with Crippen molar-refractivity contribution in [3.63, 3.8) is 0 Å². The molecule has 8 nitrogen and oxygen atoms in total. The van der Waals surface area contributed by atoms with Crippen LogP contribution < -0.4 is 10.2 Å². The summed E-state index contributed by atoms with van der Waals surface area (Å²) in [5.41, 5.74) is 0.664. The highest BCUT2D eigenvalue weighted by Gasteiger charge is 2.62. The number of nitrogens with zero attached hydrogens (tertiary/aromatic N) is 4. The normalized spacial score (nSPS) is 26.6. The molecule has 4 saturated heterocycles. The number of fused-ring (bicyclic) bond motifs is 6. The lowest BCUT2D eigenvalue weighted by Crippen LogP contribution is -2.57. The maximum absolute atomic E-state index is 13.6. The summed E-state index contributed by atoms with van der Waals surface area (Å²) in [6.07, 6.45) is 1.80. The lowest BCUT2D eigenvalue weighted by molar-refractivity contribution is -0.120. The predicted octanol–water partition coefficient (Wildman–Crippen LogP) is 2.03. The Hall–Kier alpha value is -2.75. The number of morpholine rings is 1. The minimum absolute atomic E-state index is 0.0135. The molecule has 34 heavy (non-hydrogen) atoms. The van der Waals surface area contributed by atoms with Crippen molar-refractivity contribution >= 4 is 45.7 Å². The standard InChI is InChI=1S/C25H29N5O3S/c31-23-22-21-15-18(16-28(21)24(34)26-9-4-10-27-11-13-33-14-12-27)29(22)25(32)30(23)20-8-3-6-17-5-1-2-7-19(17)20/h1-3,5-8,18,21-22H,4,9-16H2,(H,26,34)/t18?,21?,22-/m1/s1. The Kier molecular flexibility index (Phi) is 5.63. The number of thiocarbonyl (C=S) groups is 1. The van der Waals surface area contributed by atoms with Crippen molar-refractivity contribution in [2.75, 3.05) is 50.8 Å². The molecule has 0 saturated carbocycles. The highest BCUT2D eigenvalue weighted by atomic mass is 32.1. The highest BCUT2D eigenvalue weighted by molar-refractivity contribution is 7.80. The molecule has 178 valence electrons. The van der Waals surface area contributed by atoms with Crippen LogP contribution in [0, 0.1) is 0 Å². The number of nitrogens with one attached hydrogen (secondary N) is 1. The van der Waals surface area contributed by atoms with Gasteiger partial charge in [0, 0.05) is 31.6 Å². The third-order valence-corrected chi connectivity index (χ3v) is 7.94. The third-order valence-electron chi connectivity index (χ3n) is 7.56. The monoisotopic (exact) mass is 479 g/mol. The molecule has 2 aromatic rings. The zero-order chi connectivity index (χ0) is 23.2. The molecule has 1 N–H and O–H groups in total. The molecule has 4 heterocycles. The van der Waals surface area contributed by atoms with Crippen LogP contribution in [-0.2, 0) is 9.53 Å². The second-order valence-electron chi connectivity index (χ2n) is 9.46. The number of rotatable bonds is 5. The van der Waals surface area contributed by atoms with E-state index in [9.17, 15) is 9.59 Å². The van der Waals surface area contributed by atoms with Gasteiger partial charge in [0.05, 0.1) is 31.0 Å². The van der Waals surface area contributed by atoms with Crippen LogP contribution in [0.5, 0.6) is 0 Å². The number of carbonyl (C=O) groups excluding carboxylic acids is 2. The molecule has 9 heteroatoms. The first kappa shape index (κ1) is 21.8. The van der Waals surface area contributed by atoms with Gasteiger partial charge in [-0.1, -0.05) is 36.4 Å². The van der Waals surface area contributed by atoms with Crippen molar-refractivity contribution in [3.8, 4) is 0 Å². The first-order chi connectivity index (χ1) is 16.6. The van der Waals surface area contributed by atoms with Gasteiger partial charge in [-0.05, 0) is 43.1 Å². The van der Waals surface area contributed by atoms with Crippen molar-refractivity contribution in [1.82, 2.24) is 20.0 Å². The number of ether oxygens (including phenoxy) is 1. The zero-order valence-corrected chi connectivity index (χ0v) is 19.9. The fourth-order valence-electron chi connectivity index (χ4n) is 5.94. The van der Waals surface area contributed by atoms with Crippen LogP contribution in [0.2, 0.25) is 0 Å². The van der Waals surface area contributed by atoms with E-state index in [-0.39, 0.29) is 24.0 Å². The van der Waals surface area contributed by atoms with Gasteiger partial charge < -0.3 is 19.9 Å². The number of imide groups is 1. The summed E-state index contributed by atoms with van der Waals surface area (Å²) >= 11 is 5.71. The highest BCUT2D eigenvalue weighted by Crippen LogP contribution is 2.43. The van der Waals surface area contributed by atoms with E-state index in [1.165, 1.54) is 4.90 Å². The molecule has 2 aromatic carbocycles. The Morgan fingerprint density at radius 1 is 1.09 bits per heavy atom. The van der Waals surface area contributed by atoms with Crippen molar-refractivity contribution < 1.29 is 14.3 Å². The summed E-state index contributed by atoms with van der Waals surface area (Å²) in [6.45, 7) is 6.09. The van der Waals surface area contributed by atoms with E-state index in [1.807, 2.05) is 42.5 Å². The number of urea groups is 1. The first-order valence-corrected chi connectivity index (χ1v) is 12.5. The van der Waals surface area contributed by atoms with E-state index < -0.39 is 6.04 Å². The van der Waals surface area contributed by atoms with Gasteiger partial charge >= 0.3 is 6.03 Å². The number of anilines is 1. The molecule has 4 aliphatic rings. The fraction of sp³-hybridized carbons (Fsp3) is 0.480. The smallest absolute Gasteiger partial charge is 0.332 e. The molecule has 2 bridgehead atoms. The van der Waals surface area contributed by atoms with Crippen LogP contribution >= 0.6 is 12.2 Å². The van der Waals surface area contributed by atoms with Crippen molar-refractivity contribution in [2.45, 2.75) is 31.0 Å². The summed E-state index contributed by atoms with van der Waals surface area (Å²) in [7, 11) is 0. The van der Waals surface area contributed by atoms with Crippen LogP contribution in [0.25, 0.3) is 10.8 Å². The molecule has 3 atom stereocenters. The quantitative estimate of drug-likeness (QED) is 0.400. The average Bonchev–Trinajstić information content (AvgIpc) is 3.53. The average molecular weight is 480 g/mol. The molecule has 4 aliphatic heterocycles. The molecule has 2 unspecified atom stereocenters. The summed E-state index contributed by atoms with van der Waals surface area (Å²) in [6, 6.07) is 12.9. The van der Waals surface area contributed by atoms with Crippen LogP contribution in [0.1, 0.15) is 12.8 Å². The molecule has 4 fully saturated rings. The van der Waals surface area contributed by atoms with E-state index in [2.05, 4.69) is 15.1 Å². The van der Waals surface area contributed by atoms with E-state index in [0.717, 1.165) is 63.0 Å². The number of carbonyl (C=O) groups is 2. The van der Waals surface area contributed by atoms with Crippen LogP contribution in [-0.4, -0.2) is 95.8 Å². The summed E-state index contributed by atoms with van der Waals surface area (Å²) in [5, 5.41) is 6.01. The number of hydrogen-bond acceptors (Lipinski definition) is 5. The molecule has 3 amide bonds. The maximum Gasteiger partial charge on any atom is 0.332 e. The van der Waals surface area contributed by atoms with Crippen molar-refractivity contribution in [1.29, 1.82) is 0 Å². The van der Waals surface area contributed by atoms with E-state index in [0.29, 0.717) is 17.3 Å². The van der Waals surface area contributed by atoms with Gasteiger partial charge in [-0.3, -0.25) is 9.69 Å². The van der Waals surface area contributed by atoms with E-state index in [4.69, 9.17) is 17.0 Å². The summed E-state index contributed by atoms with van der Waals surface area (Å²) in [5.74, 6) is -0.145. The van der Waals surface area contributed by atoms with Crippen LogP contribution in [0.3, 0.4) is 0 Å². The Balaban J connectivity index is 1.13. The third kappa shape index (κ3) is 3.54. The first-order valence-electron chi connectivity index (χ1n) is 12.1. The molecule has 0 aromatic heterocycles. The Labute approximate surface area is 204 Å². The van der Waals surface area contributed by atoms with Gasteiger partial charge in [-0.15, -0.1) is 0 Å². The predicted molar refractivity (Wildman–Crippen MR) is 134 cm³/mol. The number of benzene rings is 2. The van der Waals surface area contributed by atoms with Gasteiger partial charge in [-0.2, -0.15) is 0 Å². The van der Waals surface area contributed by atoms with Gasteiger partial charge in [0.15, 0.2) is 5.11 Å². The molecule has 0 spiro atoms. The van der Waals surface area contributed by atoms with Gasteiger partial charge in [0.25, 0.3) is 5.91 Å². The van der Waals surface area contributed by atoms with Gasteiger partial charge in [0.2, 0.25) is 0 Å². The second-order valence-corrected chi connectivity index (χ2v) is 9.84. The molecule has 0 aliphatic carbocycles. The molecular formula is C25H29N5O3S. The van der Waals surface area contributed by atoms with Crippen molar-refractivity contribution in [3.05, 3.63) is 42.5 Å². The lowest BCUT2D eigenvalue weighted by Gasteiger charge is -2.36. The zero-order valence-electron chi connectivity index (χ0n) is 19.1. The Bertz CT molecular complexity index is 1130. The lowest BCUT2D eigenvalue weighted by atomic mass is 10.1. The minimum Gasteiger partial charge on any atom is -0.379 e. The Morgan fingerprint density at radius 3 is 2.74 bits per heavy atom. The maximum atomic E-state index is 13.6. The van der Waals surface area contributed by atoms with E-state index in [1.54, 1.807) is 4.90 Å². The number of hydrogen-bond donors (Lipinski definition) is 1. The largest absolute Gasteiger partial charge is 0.379 e. The fourth-order valence-corrected chi connectivity index (χ4v) is 6.25. The second kappa shape index (κ2) is 8.79.